The van der Waals surface area contributed by atoms with Gasteiger partial charge >= 0.3 is 0 Å². The molecule has 1 rings (SSSR count). The van der Waals surface area contributed by atoms with E-state index in [2.05, 4.69) is 11.8 Å². The third-order valence-electron chi connectivity index (χ3n) is 2.50. The highest BCUT2D eigenvalue weighted by atomic mass is 35.5. The van der Waals surface area contributed by atoms with Gasteiger partial charge in [-0.1, -0.05) is 6.92 Å². The van der Waals surface area contributed by atoms with E-state index in [4.69, 9.17) is 11.6 Å². The van der Waals surface area contributed by atoms with Crippen LogP contribution in [0.15, 0.2) is 0 Å². The first-order valence-electron chi connectivity index (χ1n) is 4.59. The van der Waals surface area contributed by atoms with Crippen molar-refractivity contribution in [2.45, 2.75) is 26.2 Å². The summed E-state index contributed by atoms with van der Waals surface area (Å²) >= 11 is 5.26. The summed E-state index contributed by atoms with van der Waals surface area (Å²) in [6.07, 6.45) is 3.02. The van der Waals surface area contributed by atoms with Crippen LogP contribution in [-0.4, -0.2) is 29.8 Å². The van der Waals surface area contributed by atoms with E-state index in [0.717, 1.165) is 25.6 Å². The molecule has 0 N–H and O–H groups in total. The topological polar surface area (TPSA) is 20.3 Å². The predicted octanol–water partition coefficient (Wildman–Crippen LogP) is 1.87. The van der Waals surface area contributed by atoms with Gasteiger partial charge in [0.2, 0.25) is 5.24 Å². The average Bonchev–Trinajstić information content (AvgIpc) is 2.03. The summed E-state index contributed by atoms with van der Waals surface area (Å²) in [5.74, 6) is 0.855. The van der Waals surface area contributed by atoms with Crippen LogP contribution in [0, 0.1) is 5.92 Å². The molecule has 0 saturated carbocycles. The maximum absolute atomic E-state index is 10.5. The van der Waals surface area contributed by atoms with Crippen molar-refractivity contribution in [2.75, 3.05) is 19.6 Å². The van der Waals surface area contributed by atoms with Crippen molar-refractivity contribution >= 4 is 16.8 Å². The second kappa shape index (κ2) is 4.83. The number of rotatable bonds is 3. The summed E-state index contributed by atoms with van der Waals surface area (Å²) < 4.78 is 0. The van der Waals surface area contributed by atoms with Gasteiger partial charge in [0.15, 0.2) is 0 Å². The van der Waals surface area contributed by atoms with E-state index in [-0.39, 0.29) is 5.24 Å². The van der Waals surface area contributed by atoms with Gasteiger partial charge in [0, 0.05) is 13.0 Å². The first-order chi connectivity index (χ1) is 5.68. The van der Waals surface area contributed by atoms with Gasteiger partial charge < -0.3 is 4.90 Å². The van der Waals surface area contributed by atoms with Gasteiger partial charge in [0.25, 0.3) is 0 Å². The van der Waals surface area contributed by atoms with E-state index in [1.807, 2.05) is 0 Å². The number of carbonyl (C=O) groups is 1. The Bertz CT molecular complexity index is 153. The highest BCUT2D eigenvalue weighted by Crippen LogP contribution is 2.15. The van der Waals surface area contributed by atoms with E-state index < -0.39 is 0 Å². The SMILES string of the molecule is CC1CCN(CCC(=O)Cl)CC1. The number of likely N-dealkylation sites (tertiary alicyclic amines) is 1. The molecule has 1 heterocycles. The van der Waals surface area contributed by atoms with Crippen LogP contribution in [0.5, 0.6) is 0 Å². The van der Waals surface area contributed by atoms with Crippen LogP contribution >= 0.6 is 11.6 Å². The summed E-state index contributed by atoms with van der Waals surface area (Å²) in [6, 6.07) is 0. The molecule has 0 bridgehead atoms. The van der Waals surface area contributed by atoms with Gasteiger partial charge in [-0.05, 0) is 43.5 Å². The second-order valence-electron chi connectivity index (χ2n) is 3.63. The quantitative estimate of drug-likeness (QED) is 0.632. The molecule has 0 aromatic heterocycles. The molecule has 0 atom stereocenters. The number of carbonyl (C=O) groups excluding carboxylic acids is 1. The van der Waals surface area contributed by atoms with Crippen LogP contribution in [0.25, 0.3) is 0 Å². The molecule has 3 heteroatoms. The highest BCUT2D eigenvalue weighted by Gasteiger charge is 2.15. The molecule has 70 valence electrons. The lowest BCUT2D eigenvalue weighted by Gasteiger charge is -2.29. The fourth-order valence-electron chi connectivity index (χ4n) is 1.53. The van der Waals surface area contributed by atoms with Gasteiger partial charge in [-0.2, -0.15) is 0 Å². The maximum Gasteiger partial charge on any atom is 0.222 e. The zero-order valence-electron chi connectivity index (χ0n) is 7.55. The van der Waals surface area contributed by atoms with Gasteiger partial charge in [-0.3, -0.25) is 4.79 Å². The Hall–Kier alpha value is -0.0800. The van der Waals surface area contributed by atoms with Crippen LogP contribution in [0.4, 0.5) is 0 Å². The Morgan fingerprint density at radius 3 is 2.58 bits per heavy atom. The van der Waals surface area contributed by atoms with Crippen molar-refractivity contribution in [1.29, 1.82) is 0 Å². The first kappa shape index (κ1) is 10.0. The van der Waals surface area contributed by atoms with Crippen LogP contribution in [0.2, 0.25) is 0 Å². The molecule has 1 saturated heterocycles. The molecule has 0 spiro atoms. The molecule has 1 aliphatic rings. The third kappa shape index (κ3) is 3.55. The molecular formula is C9H16ClNO. The van der Waals surface area contributed by atoms with Crippen LogP contribution in [0.1, 0.15) is 26.2 Å². The van der Waals surface area contributed by atoms with E-state index in [9.17, 15) is 4.79 Å². The lowest BCUT2D eigenvalue weighted by Crippen LogP contribution is -2.34. The lowest BCUT2D eigenvalue weighted by molar-refractivity contribution is -0.112. The lowest BCUT2D eigenvalue weighted by atomic mass is 9.99. The molecule has 0 aliphatic carbocycles. The summed E-state index contributed by atoms with van der Waals surface area (Å²) in [7, 11) is 0. The largest absolute Gasteiger partial charge is 0.303 e. The zero-order chi connectivity index (χ0) is 8.97. The smallest absolute Gasteiger partial charge is 0.222 e. The fourth-order valence-corrected chi connectivity index (χ4v) is 1.62. The van der Waals surface area contributed by atoms with Gasteiger partial charge in [0.05, 0.1) is 0 Å². The molecule has 1 aliphatic heterocycles. The normalized spacial score (nSPS) is 21.2. The van der Waals surface area contributed by atoms with Gasteiger partial charge in [-0.25, -0.2) is 0 Å². The number of nitrogens with zero attached hydrogens (tertiary/aromatic N) is 1. The van der Waals surface area contributed by atoms with Crippen molar-refractivity contribution < 1.29 is 4.79 Å². The van der Waals surface area contributed by atoms with Crippen LogP contribution in [0.3, 0.4) is 0 Å². The minimum absolute atomic E-state index is 0.214. The Morgan fingerprint density at radius 1 is 1.50 bits per heavy atom. The summed E-state index contributed by atoms with van der Waals surface area (Å²) in [5, 5.41) is -0.214. The van der Waals surface area contributed by atoms with Gasteiger partial charge in [0.1, 0.15) is 0 Å². The maximum atomic E-state index is 10.5. The Balaban J connectivity index is 2.13. The fraction of sp³-hybridized carbons (Fsp3) is 0.889. The van der Waals surface area contributed by atoms with Crippen molar-refractivity contribution in [3.63, 3.8) is 0 Å². The average molecular weight is 190 g/mol. The molecule has 0 radical (unpaired) electrons. The first-order valence-corrected chi connectivity index (χ1v) is 4.97. The molecule has 1 fully saturated rings. The van der Waals surface area contributed by atoms with E-state index in [1.165, 1.54) is 12.8 Å². The summed E-state index contributed by atoms with van der Waals surface area (Å²) in [4.78, 5) is 12.8. The van der Waals surface area contributed by atoms with Crippen molar-refractivity contribution in [3.8, 4) is 0 Å². The monoisotopic (exact) mass is 189 g/mol. The summed E-state index contributed by atoms with van der Waals surface area (Å²) in [5.41, 5.74) is 0. The van der Waals surface area contributed by atoms with Gasteiger partial charge in [-0.15, -0.1) is 0 Å². The Labute approximate surface area is 78.9 Å². The Kier molecular flexibility index (Phi) is 4.02. The second-order valence-corrected chi connectivity index (χ2v) is 4.05. The van der Waals surface area contributed by atoms with Crippen molar-refractivity contribution in [2.24, 2.45) is 5.92 Å². The van der Waals surface area contributed by atoms with Crippen LogP contribution < -0.4 is 0 Å². The molecule has 2 nitrogen and oxygen atoms in total. The molecule has 0 aromatic carbocycles. The molecule has 0 aromatic rings. The minimum atomic E-state index is -0.214. The predicted molar refractivity (Wildman–Crippen MR) is 50.3 cm³/mol. The number of piperidine rings is 1. The van der Waals surface area contributed by atoms with E-state index >= 15 is 0 Å². The Morgan fingerprint density at radius 2 is 2.08 bits per heavy atom. The number of halogens is 1. The van der Waals surface area contributed by atoms with Crippen molar-refractivity contribution in [1.82, 2.24) is 4.90 Å². The minimum Gasteiger partial charge on any atom is -0.303 e. The van der Waals surface area contributed by atoms with E-state index in [0.29, 0.717) is 6.42 Å². The zero-order valence-corrected chi connectivity index (χ0v) is 8.31. The van der Waals surface area contributed by atoms with Crippen LogP contribution in [-0.2, 0) is 4.79 Å². The molecular weight excluding hydrogens is 174 g/mol. The standard InChI is InChI=1S/C9H16ClNO/c1-8-2-5-11(6-3-8)7-4-9(10)12/h8H,2-7H2,1H3. The van der Waals surface area contributed by atoms with Crippen molar-refractivity contribution in [3.05, 3.63) is 0 Å². The summed E-state index contributed by atoms with van der Waals surface area (Å²) in [6.45, 7) is 5.38. The molecule has 12 heavy (non-hydrogen) atoms. The third-order valence-corrected chi connectivity index (χ3v) is 2.69. The number of hydrogen-bond donors (Lipinski definition) is 0. The highest BCUT2D eigenvalue weighted by molar-refractivity contribution is 6.63. The number of hydrogen-bond acceptors (Lipinski definition) is 2. The van der Waals surface area contributed by atoms with E-state index in [1.54, 1.807) is 0 Å². The molecule has 0 unspecified atom stereocenters. The molecule has 0 amide bonds.